The maximum Gasteiger partial charge on any atom is 0.220 e. The van der Waals surface area contributed by atoms with Gasteiger partial charge in [0, 0.05) is 17.2 Å². The number of carbonyl (C=O) groups is 1. The highest BCUT2D eigenvalue weighted by Gasteiger charge is 2.13. The first-order valence-corrected chi connectivity index (χ1v) is 6.72. The normalized spacial score (nSPS) is 13.4. The van der Waals surface area contributed by atoms with Crippen LogP contribution >= 0.6 is 0 Å². The molecule has 0 spiro atoms. The van der Waals surface area contributed by atoms with Gasteiger partial charge in [-0.3, -0.25) is 10.2 Å². The Morgan fingerprint density at radius 3 is 2.71 bits per heavy atom. The molecular weight excluding hydrogens is 264 g/mol. The average molecular weight is 280 g/mol. The minimum atomic E-state index is -0.00421. The molecule has 3 rings (SSSR count). The van der Waals surface area contributed by atoms with Gasteiger partial charge in [0.2, 0.25) is 5.96 Å². The maximum atomic E-state index is 11.0. The van der Waals surface area contributed by atoms with E-state index in [0.717, 1.165) is 27.8 Å². The first-order valence-electron chi connectivity index (χ1n) is 6.72. The first-order chi connectivity index (χ1) is 10.1. The van der Waals surface area contributed by atoms with Crippen LogP contribution in [0.3, 0.4) is 0 Å². The molecule has 21 heavy (non-hydrogen) atoms. The van der Waals surface area contributed by atoms with Crippen molar-refractivity contribution < 1.29 is 4.79 Å². The van der Waals surface area contributed by atoms with Crippen LogP contribution in [0.4, 0.5) is 11.4 Å². The second-order valence-electron chi connectivity index (χ2n) is 4.95. The number of hydrogen-bond donors (Lipinski definition) is 3. The van der Waals surface area contributed by atoms with E-state index in [0.29, 0.717) is 5.96 Å². The highest BCUT2D eigenvalue weighted by atomic mass is 16.1. The summed E-state index contributed by atoms with van der Waals surface area (Å²) >= 11 is 0. The zero-order valence-electron chi connectivity index (χ0n) is 11.9. The van der Waals surface area contributed by atoms with Crippen LogP contribution in [0.25, 0.3) is 10.8 Å². The second-order valence-corrected chi connectivity index (χ2v) is 4.95. The van der Waals surface area contributed by atoms with Gasteiger partial charge in [-0.25, -0.2) is 4.99 Å². The van der Waals surface area contributed by atoms with Crippen molar-refractivity contribution in [3.8, 4) is 0 Å². The van der Waals surface area contributed by atoms with E-state index in [2.05, 4.69) is 33.3 Å². The maximum absolute atomic E-state index is 11.0. The van der Waals surface area contributed by atoms with E-state index in [4.69, 9.17) is 0 Å². The number of carbonyl (C=O) groups excluding carboxylic acids is 1. The third-order valence-corrected chi connectivity index (χ3v) is 3.17. The molecule has 0 saturated carbocycles. The number of hydrazine groups is 1. The molecule has 0 aromatic heterocycles. The van der Waals surface area contributed by atoms with E-state index in [-0.39, 0.29) is 5.78 Å². The summed E-state index contributed by atoms with van der Waals surface area (Å²) in [6.45, 7) is 3.32. The number of allylic oxidation sites excluding steroid dienone is 2. The second kappa shape index (κ2) is 5.28. The number of hydrogen-bond acceptors (Lipinski definition) is 5. The standard InChI is InChI=1S/C16H16N4O/c1-10(9-11(2)21)19-20-16-17-13-7-3-5-12-6-4-8-14(18-16)15(12)13/h3-9,19H,1-2H3,(H2,17,18,20)/b10-9-. The molecule has 1 aliphatic heterocycles. The van der Waals surface area contributed by atoms with Crippen molar-refractivity contribution in [3.05, 3.63) is 48.2 Å². The van der Waals surface area contributed by atoms with Gasteiger partial charge in [0.05, 0.1) is 11.4 Å². The Kier molecular flexibility index (Phi) is 3.31. The Balaban J connectivity index is 1.86. The van der Waals surface area contributed by atoms with Crippen LogP contribution in [-0.2, 0) is 4.79 Å². The SMILES string of the molecule is CC(=O)/C=C(/C)NNC1=Nc2cccc3cccc(c23)N1. The molecule has 0 bridgehead atoms. The lowest BCUT2D eigenvalue weighted by Crippen LogP contribution is -2.41. The van der Waals surface area contributed by atoms with E-state index in [1.165, 1.54) is 13.0 Å². The van der Waals surface area contributed by atoms with Crippen LogP contribution in [-0.4, -0.2) is 11.7 Å². The number of anilines is 1. The highest BCUT2D eigenvalue weighted by molar-refractivity contribution is 6.12. The Morgan fingerprint density at radius 1 is 1.19 bits per heavy atom. The summed E-state index contributed by atoms with van der Waals surface area (Å²) in [5.74, 6) is 0.591. The smallest absolute Gasteiger partial charge is 0.220 e. The molecule has 0 saturated heterocycles. The van der Waals surface area contributed by atoms with Crippen LogP contribution in [0.1, 0.15) is 13.8 Å². The Morgan fingerprint density at radius 2 is 1.95 bits per heavy atom. The predicted octanol–water partition coefficient (Wildman–Crippen LogP) is 2.84. The molecule has 0 atom stereocenters. The van der Waals surface area contributed by atoms with Crippen LogP contribution in [0, 0.1) is 0 Å². The summed E-state index contributed by atoms with van der Waals surface area (Å²) in [5, 5.41) is 5.50. The number of aliphatic imine (C=N–C) groups is 1. The molecule has 0 amide bonds. The number of benzene rings is 2. The largest absolute Gasteiger partial charge is 0.324 e. The Hall–Kier alpha value is -2.82. The van der Waals surface area contributed by atoms with Crippen molar-refractivity contribution in [1.82, 2.24) is 10.9 Å². The van der Waals surface area contributed by atoms with Gasteiger partial charge in [-0.05, 0) is 31.4 Å². The van der Waals surface area contributed by atoms with Gasteiger partial charge in [-0.1, -0.05) is 24.3 Å². The van der Waals surface area contributed by atoms with Gasteiger partial charge in [0.15, 0.2) is 5.78 Å². The molecule has 2 aromatic rings. The fraction of sp³-hybridized carbons (Fsp3) is 0.125. The van der Waals surface area contributed by atoms with Crippen molar-refractivity contribution in [2.24, 2.45) is 4.99 Å². The van der Waals surface area contributed by atoms with Crippen LogP contribution < -0.4 is 16.2 Å². The fourth-order valence-electron chi connectivity index (χ4n) is 2.35. The Labute approximate surface area is 122 Å². The first kappa shape index (κ1) is 13.2. The topological polar surface area (TPSA) is 65.5 Å². The van der Waals surface area contributed by atoms with Crippen molar-refractivity contribution in [1.29, 1.82) is 0 Å². The van der Waals surface area contributed by atoms with Crippen molar-refractivity contribution >= 4 is 33.9 Å². The van der Waals surface area contributed by atoms with Gasteiger partial charge >= 0.3 is 0 Å². The minimum absolute atomic E-state index is 0.00421. The molecule has 106 valence electrons. The molecule has 0 unspecified atom stereocenters. The van der Waals surface area contributed by atoms with Gasteiger partial charge in [-0.15, -0.1) is 0 Å². The lowest BCUT2D eigenvalue weighted by Gasteiger charge is -2.20. The number of ketones is 1. The quantitative estimate of drug-likeness (QED) is 0.597. The predicted molar refractivity (Wildman–Crippen MR) is 85.4 cm³/mol. The number of nitrogens with zero attached hydrogens (tertiary/aromatic N) is 1. The average Bonchev–Trinajstić information content (AvgIpc) is 2.45. The molecule has 1 aliphatic rings. The van der Waals surface area contributed by atoms with Gasteiger partial charge in [-0.2, -0.15) is 0 Å². The molecule has 0 aliphatic carbocycles. The van der Waals surface area contributed by atoms with Crippen molar-refractivity contribution in [2.75, 3.05) is 5.32 Å². The molecule has 0 radical (unpaired) electrons. The summed E-state index contributed by atoms with van der Waals surface area (Å²) in [4.78, 5) is 15.5. The van der Waals surface area contributed by atoms with Crippen molar-refractivity contribution in [3.63, 3.8) is 0 Å². The van der Waals surface area contributed by atoms with Crippen molar-refractivity contribution in [2.45, 2.75) is 13.8 Å². The Bertz CT molecular complexity index is 772. The number of rotatable bonds is 3. The molecule has 3 N–H and O–H groups in total. The van der Waals surface area contributed by atoms with Crippen LogP contribution in [0.2, 0.25) is 0 Å². The molecule has 5 nitrogen and oxygen atoms in total. The lowest BCUT2D eigenvalue weighted by atomic mass is 10.1. The minimum Gasteiger partial charge on any atom is -0.324 e. The van der Waals surface area contributed by atoms with Gasteiger partial charge in [0.1, 0.15) is 0 Å². The summed E-state index contributed by atoms with van der Waals surface area (Å²) < 4.78 is 0. The van der Waals surface area contributed by atoms with E-state index in [1.807, 2.05) is 31.2 Å². The highest BCUT2D eigenvalue weighted by Crippen LogP contribution is 2.34. The fourth-order valence-corrected chi connectivity index (χ4v) is 2.35. The van der Waals surface area contributed by atoms with Gasteiger partial charge < -0.3 is 10.7 Å². The summed E-state index contributed by atoms with van der Waals surface area (Å²) in [7, 11) is 0. The van der Waals surface area contributed by atoms with E-state index in [1.54, 1.807) is 0 Å². The van der Waals surface area contributed by atoms with E-state index >= 15 is 0 Å². The molecule has 1 heterocycles. The zero-order chi connectivity index (χ0) is 14.8. The summed E-state index contributed by atoms with van der Waals surface area (Å²) in [5.41, 5.74) is 8.57. The summed E-state index contributed by atoms with van der Waals surface area (Å²) in [6.07, 6.45) is 1.52. The molecular formula is C16H16N4O. The van der Waals surface area contributed by atoms with Crippen LogP contribution in [0.5, 0.6) is 0 Å². The molecule has 2 aromatic carbocycles. The third-order valence-electron chi connectivity index (χ3n) is 3.17. The monoisotopic (exact) mass is 280 g/mol. The van der Waals surface area contributed by atoms with Gasteiger partial charge in [0.25, 0.3) is 0 Å². The number of nitrogens with one attached hydrogen (secondary N) is 3. The van der Waals surface area contributed by atoms with E-state index in [9.17, 15) is 4.79 Å². The van der Waals surface area contributed by atoms with Crippen LogP contribution in [0.15, 0.2) is 53.2 Å². The number of guanidine groups is 1. The molecule has 5 heteroatoms. The lowest BCUT2D eigenvalue weighted by molar-refractivity contribution is -0.112. The van der Waals surface area contributed by atoms with E-state index < -0.39 is 0 Å². The molecule has 0 fully saturated rings. The summed E-state index contributed by atoms with van der Waals surface area (Å²) in [6, 6.07) is 12.1. The zero-order valence-corrected chi connectivity index (χ0v) is 11.9. The third kappa shape index (κ3) is 2.72.